The number of rotatable bonds is 3. The Labute approximate surface area is 110 Å². The predicted molar refractivity (Wildman–Crippen MR) is 74.9 cm³/mol. The Bertz CT molecular complexity index is 587. The lowest BCUT2D eigenvalue weighted by Gasteiger charge is -2.08. The summed E-state index contributed by atoms with van der Waals surface area (Å²) in [7, 11) is 0. The number of nitrogens with two attached hydrogens (primary N) is 1. The molecule has 0 unspecified atom stereocenters. The standard InChI is InChI=1S/C13H12N4S/c1-18-11-4-2-10(3-5-11)17-13-12(15)6-9(7-14)8-16-13/h2-6,8H,15H2,1H3,(H,16,17). The molecule has 0 saturated carbocycles. The number of nitrogens with zero attached hydrogens (tertiary/aromatic N) is 2. The van der Waals surface area contributed by atoms with E-state index in [4.69, 9.17) is 11.0 Å². The van der Waals surface area contributed by atoms with E-state index >= 15 is 0 Å². The van der Waals surface area contributed by atoms with Gasteiger partial charge in [0.1, 0.15) is 6.07 Å². The number of hydrogen-bond donors (Lipinski definition) is 2. The topological polar surface area (TPSA) is 74.7 Å². The highest BCUT2D eigenvalue weighted by atomic mass is 32.2. The summed E-state index contributed by atoms with van der Waals surface area (Å²) in [4.78, 5) is 5.32. The molecule has 3 N–H and O–H groups in total. The van der Waals surface area contributed by atoms with Gasteiger partial charge < -0.3 is 11.1 Å². The molecule has 0 aliphatic heterocycles. The lowest BCUT2D eigenvalue weighted by molar-refractivity contribution is 1.29. The van der Waals surface area contributed by atoms with E-state index in [1.165, 1.54) is 11.1 Å². The Hall–Kier alpha value is -2.19. The van der Waals surface area contributed by atoms with Crippen LogP contribution in [0.3, 0.4) is 0 Å². The van der Waals surface area contributed by atoms with Gasteiger partial charge in [0.2, 0.25) is 0 Å². The molecule has 0 saturated heterocycles. The van der Waals surface area contributed by atoms with Gasteiger partial charge in [0.25, 0.3) is 0 Å². The molecule has 0 radical (unpaired) electrons. The third-order valence-corrected chi connectivity index (χ3v) is 3.14. The predicted octanol–water partition coefficient (Wildman–Crippen LogP) is 3.00. The molecule has 2 rings (SSSR count). The fourth-order valence-corrected chi connectivity index (χ4v) is 1.87. The third-order valence-electron chi connectivity index (χ3n) is 2.40. The van der Waals surface area contributed by atoms with Crippen molar-refractivity contribution in [2.24, 2.45) is 0 Å². The highest BCUT2D eigenvalue weighted by molar-refractivity contribution is 7.98. The van der Waals surface area contributed by atoms with Crippen LogP contribution in [0.25, 0.3) is 0 Å². The molecule has 1 heterocycles. The molecule has 0 fully saturated rings. The van der Waals surface area contributed by atoms with Crippen molar-refractivity contribution < 1.29 is 0 Å². The van der Waals surface area contributed by atoms with Crippen molar-refractivity contribution in [2.75, 3.05) is 17.3 Å². The first-order valence-electron chi connectivity index (χ1n) is 5.29. The summed E-state index contributed by atoms with van der Waals surface area (Å²) in [6, 6.07) is 11.6. The van der Waals surface area contributed by atoms with Crippen molar-refractivity contribution in [3.8, 4) is 6.07 Å². The van der Waals surface area contributed by atoms with E-state index < -0.39 is 0 Å². The number of nitrogens with one attached hydrogen (secondary N) is 1. The molecule has 0 aliphatic rings. The van der Waals surface area contributed by atoms with Crippen LogP contribution in [-0.4, -0.2) is 11.2 Å². The monoisotopic (exact) mass is 256 g/mol. The average molecular weight is 256 g/mol. The fourth-order valence-electron chi connectivity index (χ4n) is 1.46. The number of nitriles is 1. The molecule has 0 bridgehead atoms. The zero-order valence-electron chi connectivity index (χ0n) is 9.84. The highest BCUT2D eigenvalue weighted by Crippen LogP contribution is 2.23. The van der Waals surface area contributed by atoms with Crippen molar-refractivity contribution in [1.82, 2.24) is 4.98 Å². The maximum Gasteiger partial charge on any atom is 0.153 e. The summed E-state index contributed by atoms with van der Waals surface area (Å²) in [5.74, 6) is 0.561. The van der Waals surface area contributed by atoms with Gasteiger partial charge >= 0.3 is 0 Å². The summed E-state index contributed by atoms with van der Waals surface area (Å²) in [5, 5.41) is 11.9. The van der Waals surface area contributed by atoms with E-state index in [0.29, 0.717) is 17.1 Å². The van der Waals surface area contributed by atoms with Gasteiger partial charge in [-0.15, -0.1) is 11.8 Å². The van der Waals surface area contributed by atoms with Gasteiger partial charge in [0.05, 0.1) is 11.3 Å². The zero-order chi connectivity index (χ0) is 13.0. The van der Waals surface area contributed by atoms with Gasteiger partial charge in [0, 0.05) is 16.8 Å². The Morgan fingerprint density at radius 1 is 1.33 bits per heavy atom. The first-order chi connectivity index (χ1) is 8.72. The molecule has 5 heteroatoms. The SMILES string of the molecule is CSc1ccc(Nc2ncc(C#N)cc2N)cc1. The highest BCUT2D eigenvalue weighted by Gasteiger charge is 2.03. The van der Waals surface area contributed by atoms with E-state index in [9.17, 15) is 0 Å². The Morgan fingerprint density at radius 3 is 2.61 bits per heavy atom. The molecule has 1 aromatic heterocycles. The molecule has 0 spiro atoms. The molecule has 0 aliphatic carbocycles. The van der Waals surface area contributed by atoms with Gasteiger partial charge in [0.15, 0.2) is 5.82 Å². The first kappa shape index (κ1) is 12.3. The van der Waals surface area contributed by atoms with Crippen LogP contribution in [0.15, 0.2) is 41.4 Å². The normalized spacial score (nSPS) is 9.78. The van der Waals surface area contributed by atoms with Gasteiger partial charge in [-0.05, 0) is 36.6 Å². The zero-order valence-corrected chi connectivity index (χ0v) is 10.7. The van der Waals surface area contributed by atoms with E-state index in [-0.39, 0.29) is 0 Å². The molecule has 90 valence electrons. The molecular formula is C13H12N4S. The number of hydrogen-bond acceptors (Lipinski definition) is 5. The summed E-state index contributed by atoms with van der Waals surface area (Å²) >= 11 is 1.69. The van der Waals surface area contributed by atoms with Crippen molar-refractivity contribution in [3.05, 3.63) is 42.1 Å². The van der Waals surface area contributed by atoms with Crippen LogP contribution in [0.4, 0.5) is 17.2 Å². The smallest absolute Gasteiger partial charge is 0.153 e. The molecule has 4 nitrogen and oxygen atoms in total. The van der Waals surface area contributed by atoms with Crippen LogP contribution in [-0.2, 0) is 0 Å². The molecule has 1 aromatic carbocycles. The molecule has 0 atom stereocenters. The minimum atomic E-state index is 0.454. The number of nitrogen functional groups attached to an aromatic ring is 1. The largest absolute Gasteiger partial charge is 0.396 e. The van der Waals surface area contributed by atoms with Crippen molar-refractivity contribution in [2.45, 2.75) is 4.90 Å². The molecule has 2 aromatic rings. The van der Waals surface area contributed by atoms with Crippen LogP contribution >= 0.6 is 11.8 Å². The fraction of sp³-hybridized carbons (Fsp3) is 0.0769. The summed E-state index contributed by atoms with van der Waals surface area (Å²) in [6.45, 7) is 0. The number of benzene rings is 1. The number of aromatic nitrogens is 1. The quantitative estimate of drug-likeness (QED) is 0.826. The average Bonchev–Trinajstić information content (AvgIpc) is 2.42. The number of anilines is 3. The van der Waals surface area contributed by atoms with Crippen LogP contribution in [0, 0.1) is 11.3 Å². The summed E-state index contributed by atoms with van der Waals surface area (Å²) in [5.41, 5.74) is 7.65. The van der Waals surface area contributed by atoms with E-state index in [0.717, 1.165) is 5.69 Å². The van der Waals surface area contributed by atoms with Crippen molar-refractivity contribution in [1.29, 1.82) is 5.26 Å². The Kier molecular flexibility index (Phi) is 3.70. The third kappa shape index (κ3) is 2.73. The van der Waals surface area contributed by atoms with Gasteiger partial charge in [-0.2, -0.15) is 5.26 Å². The van der Waals surface area contributed by atoms with Crippen LogP contribution < -0.4 is 11.1 Å². The van der Waals surface area contributed by atoms with E-state index in [1.807, 2.05) is 36.6 Å². The molecule has 18 heavy (non-hydrogen) atoms. The lowest BCUT2D eigenvalue weighted by Crippen LogP contribution is -1.99. The van der Waals surface area contributed by atoms with Crippen LogP contribution in [0.2, 0.25) is 0 Å². The number of pyridine rings is 1. The maximum atomic E-state index is 8.73. The van der Waals surface area contributed by atoms with Crippen molar-refractivity contribution >= 4 is 29.0 Å². The molecular weight excluding hydrogens is 244 g/mol. The van der Waals surface area contributed by atoms with E-state index in [1.54, 1.807) is 17.8 Å². The minimum Gasteiger partial charge on any atom is -0.396 e. The van der Waals surface area contributed by atoms with Gasteiger partial charge in [-0.25, -0.2) is 4.98 Å². The van der Waals surface area contributed by atoms with Crippen LogP contribution in [0.1, 0.15) is 5.56 Å². The summed E-state index contributed by atoms with van der Waals surface area (Å²) in [6.07, 6.45) is 3.53. The molecule has 0 amide bonds. The lowest BCUT2D eigenvalue weighted by atomic mass is 10.2. The first-order valence-corrected chi connectivity index (χ1v) is 6.52. The maximum absolute atomic E-state index is 8.73. The minimum absolute atomic E-state index is 0.454. The second-order valence-electron chi connectivity index (χ2n) is 3.63. The second kappa shape index (κ2) is 5.43. The van der Waals surface area contributed by atoms with E-state index in [2.05, 4.69) is 10.3 Å². The second-order valence-corrected chi connectivity index (χ2v) is 4.51. The van der Waals surface area contributed by atoms with Gasteiger partial charge in [-0.1, -0.05) is 0 Å². The van der Waals surface area contributed by atoms with Crippen LogP contribution in [0.5, 0.6) is 0 Å². The number of thioether (sulfide) groups is 1. The Balaban J connectivity index is 2.20. The van der Waals surface area contributed by atoms with Crippen molar-refractivity contribution in [3.63, 3.8) is 0 Å². The van der Waals surface area contributed by atoms with Gasteiger partial charge in [-0.3, -0.25) is 0 Å². The summed E-state index contributed by atoms with van der Waals surface area (Å²) < 4.78 is 0. The Morgan fingerprint density at radius 2 is 2.06 bits per heavy atom.